The first-order valence-electron chi connectivity index (χ1n) is 10.5. The Morgan fingerprint density at radius 3 is 2.34 bits per heavy atom. The molecule has 0 radical (unpaired) electrons. The number of carbonyl (C=O) groups is 3. The van der Waals surface area contributed by atoms with Gasteiger partial charge in [-0.1, -0.05) is 38.1 Å². The van der Waals surface area contributed by atoms with Crippen LogP contribution in [0.15, 0.2) is 65.2 Å². The molecule has 166 valence electrons. The number of hydrogen-bond donors (Lipinski definition) is 1. The molecule has 0 bridgehead atoms. The Kier molecular flexibility index (Phi) is 7.20. The minimum atomic E-state index is -0.438. The van der Waals surface area contributed by atoms with Gasteiger partial charge in [0, 0.05) is 30.9 Å². The first-order chi connectivity index (χ1) is 15.3. The highest BCUT2D eigenvalue weighted by Crippen LogP contribution is 2.25. The average molecular weight is 434 g/mol. The first kappa shape index (κ1) is 22.9. The summed E-state index contributed by atoms with van der Waals surface area (Å²) in [5, 5.41) is 2.51. The molecular weight excluding hydrogens is 406 g/mol. The van der Waals surface area contributed by atoms with Crippen molar-refractivity contribution in [2.45, 2.75) is 13.8 Å². The van der Waals surface area contributed by atoms with E-state index in [1.54, 1.807) is 26.0 Å². The number of likely N-dealkylation sites (N-methyl/N-ethyl adjacent to an activating group) is 2. The molecule has 0 heterocycles. The maximum Gasteiger partial charge on any atom is 0.308 e. The van der Waals surface area contributed by atoms with Gasteiger partial charge in [0.05, 0.1) is 29.4 Å². The van der Waals surface area contributed by atoms with E-state index in [1.807, 2.05) is 48.3 Å². The third-order valence-corrected chi connectivity index (χ3v) is 5.13. The number of esters is 1. The van der Waals surface area contributed by atoms with Gasteiger partial charge in [-0.3, -0.25) is 14.4 Å². The molecule has 0 fully saturated rings. The largest absolute Gasteiger partial charge is 0.464 e. The minimum Gasteiger partial charge on any atom is -0.464 e. The molecule has 7 nitrogen and oxygen atoms in total. The highest BCUT2D eigenvalue weighted by molar-refractivity contribution is 6.35. The summed E-state index contributed by atoms with van der Waals surface area (Å²) in [7, 11) is 3.41. The van der Waals surface area contributed by atoms with Gasteiger partial charge in [-0.2, -0.15) is 0 Å². The van der Waals surface area contributed by atoms with Crippen LogP contribution in [-0.2, 0) is 14.3 Å². The zero-order valence-electron chi connectivity index (χ0n) is 18.7. The number of hydrogen-bond acceptors (Lipinski definition) is 6. The monoisotopic (exact) mass is 433 g/mol. The molecule has 7 heteroatoms. The number of Topliss-reactive ketones (excluding diaryl/α,β-unsaturated/α-hetero) is 1. The molecule has 0 aliphatic heterocycles. The van der Waals surface area contributed by atoms with Crippen molar-refractivity contribution in [3.05, 3.63) is 71.3 Å². The number of ether oxygens (including phenoxy) is 1. The van der Waals surface area contributed by atoms with E-state index in [1.165, 1.54) is 13.1 Å². The smallest absolute Gasteiger partial charge is 0.308 e. The van der Waals surface area contributed by atoms with Gasteiger partial charge < -0.3 is 15.0 Å². The molecule has 0 aromatic heterocycles. The molecule has 0 saturated carbocycles. The van der Waals surface area contributed by atoms with Gasteiger partial charge in [-0.25, -0.2) is 4.99 Å². The van der Waals surface area contributed by atoms with Gasteiger partial charge in [-0.05, 0) is 30.3 Å². The fraction of sp³-hybridized carbons (Fsp3) is 0.280. The standard InChI is InChI=1S/C25H27N3O4/c1-16(2)25(31)32-14-13-28(4)18-11-9-17(10-12-18)27-22-15-21(24(30)26-3)23(29)20-8-6-5-7-19(20)22/h5-12,15-16H,13-14H2,1-4H3,(H,26,30). The van der Waals surface area contributed by atoms with Crippen molar-refractivity contribution in [2.24, 2.45) is 10.9 Å². The Hall–Kier alpha value is -3.74. The number of nitrogens with zero attached hydrogens (tertiary/aromatic N) is 2. The molecular formula is C25H27N3O4. The molecule has 0 saturated heterocycles. The summed E-state index contributed by atoms with van der Waals surface area (Å²) in [6, 6.07) is 14.7. The highest BCUT2D eigenvalue weighted by atomic mass is 16.5. The number of rotatable bonds is 7. The van der Waals surface area contributed by atoms with E-state index >= 15 is 0 Å². The number of aliphatic imine (C=N–C) groups is 1. The molecule has 2 aromatic carbocycles. The van der Waals surface area contributed by atoms with E-state index in [4.69, 9.17) is 4.74 Å². The van der Waals surface area contributed by atoms with Gasteiger partial charge >= 0.3 is 5.97 Å². The summed E-state index contributed by atoms with van der Waals surface area (Å²) in [5.41, 5.74) is 3.42. The number of ketones is 1. The minimum absolute atomic E-state index is 0.0669. The Morgan fingerprint density at radius 1 is 1.06 bits per heavy atom. The number of allylic oxidation sites excluding steroid dienone is 1. The predicted octanol–water partition coefficient (Wildman–Crippen LogP) is 3.31. The highest BCUT2D eigenvalue weighted by Gasteiger charge is 2.27. The van der Waals surface area contributed by atoms with Crippen molar-refractivity contribution in [1.82, 2.24) is 5.32 Å². The molecule has 3 rings (SSSR count). The van der Waals surface area contributed by atoms with Crippen LogP contribution in [-0.4, -0.2) is 50.6 Å². The normalized spacial score (nSPS) is 14.1. The van der Waals surface area contributed by atoms with Crippen LogP contribution in [0.1, 0.15) is 29.8 Å². The molecule has 0 unspecified atom stereocenters. The molecule has 0 atom stereocenters. The molecule has 1 amide bonds. The number of fused-ring (bicyclic) bond motifs is 1. The van der Waals surface area contributed by atoms with Crippen LogP contribution in [0.3, 0.4) is 0 Å². The lowest BCUT2D eigenvalue weighted by Gasteiger charge is -2.20. The van der Waals surface area contributed by atoms with Crippen LogP contribution in [0.25, 0.3) is 0 Å². The lowest BCUT2D eigenvalue weighted by atomic mass is 9.88. The van der Waals surface area contributed by atoms with Crippen LogP contribution in [0, 0.1) is 5.92 Å². The summed E-state index contributed by atoms with van der Waals surface area (Å²) in [5.74, 6) is -1.10. The third-order valence-electron chi connectivity index (χ3n) is 5.13. The summed E-state index contributed by atoms with van der Waals surface area (Å²) in [6.45, 7) is 4.49. The molecule has 2 aromatic rings. The Labute approximate surface area is 187 Å². The zero-order valence-corrected chi connectivity index (χ0v) is 18.7. The Balaban J connectivity index is 1.80. The second-order valence-corrected chi connectivity index (χ2v) is 7.77. The number of carbonyl (C=O) groups excluding carboxylic acids is 3. The lowest BCUT2D eigenvalue weighted by Crippen LogP contribution is -2.29. The molecule has 0 spiro atoms. The number of benzene rings is 2. The van der Waals surface area contributed by atoms with E-state index in [2.05, 4.69) is 10.3 Å². The fourth-order valence-electron chi connectivity index (χ4n) is 3.23. The van der Waals surface area contributed by atoms with Crippen molar-refractivity contribution in [3.8, 4) is 0 Å². The molecule has 1 aliphatic rings. The van der Waals surface area contributed by atoms with Gasteiger partial charge in [0.15, 0.2) is 5.78 Å². The van der Waals surface area contributed by atoms with Crippen LogP contribution < -0.4 is 10.2 Å². The Morgan fingerprint density at radius 2 is 1.72 bits per heavy atom. The van der Waals surface area contributed by atoms with Gasteiger partial charge in [0.25, 0.3) is 5.91 Å². The van der Waals surface area contributed by atoms with E-state index in [0.717, 1.165) is 5.69 Å². The summed E-state index contributed by atoms with van der Waals surface area (Å²) in [4.78, 5) is 43.1. The van der Waals surface area contributed by atoms with Crippen LogP contribution in [0.2, 0.25) is 0 Å². The van der Waals surface area contributed by atoms with Crippen LogP contribution >= 0.6 is 0 Å². The summed E-state index contributed by atoms with van der Waals surface area (Å²) in [6.07, 6.45) is 1.53. The van der Waals surface area contributed by atoms with Crippen molar-refractivity contribution in [3.63, 3.8) is 0 Å². The zero-order chi connectivity index (χ0) is 23.3. The van der Waals surface area contributed by atoms with Gasteiger partial charge in [-0.15, -0.1) is 0 Å². The van der Waals surface area contributed by atoms with E-state index in [9.17, 15) is 14.4 Å². The van der Waals surface area contributed by atoms with Crippen molar-refractivity contribution in [2.75, 3.05) is 32.1 Å². The molecule has 1 aliphatic carbocycles. The predicted molar refractivity (Wildman–Crippen MR) is 125 cm³/mol. The first-order valence-corrected chi connectivity index (χ1v) is 10.5. The molecule has 32 heavy (non-hydrogen) atoms. The van der Waals surface area contributed by atoms with Crippen molar-refractivity contribution in [1.29, 1.82) is 0 Å². The molecule has 1 N–H and O–H groups in total. The van der Waals surface area contributed by atoms with Gasteiger partial charge in [0.2, 0.25) is 0 Å². The van der Waals surface area contributed by atoms with E-state index < -0.39 is 5.91 Å². The number of anilines is 1. The average Bonchev–Trinajstić information content (AvgIpc) is 2.80. The van der Waals surface area contributed by atoms with Crippen molar-refractivity contribution < 1.29 is 19.1 Å². The maximum absolute atomic E-state index is 12.7. The fourth-order valence-corrected chi connectivity index (χ4v) is 3.23. The number of nitrogens with one attached hydrogen (secondary N) is 1. The second-order valence-electron chi connectivity index (χ2n) is 7.77. The van der Waals surface area contributed by atoms with Crippen LogP contribution in [0.5, 0.6) is 0 Å². The quantitative estimate of drug-likeness (QED) is 0.535. The number of amides is 1. The van der Waals surface area contributed by atoms with Crippen molar-refractivity contribution >= 4 is 34.7 Å². The van der Waals surface area contributed by atoms with Crippen LogP contribution in [0.4, 0.5) is 11.4 Å². The lowest BCUT2D eigenvalue weighted by molar-refractivity contribution is -0.147. The topological polar surface area (TPSA) is 88.1 Å². The third kappa shape index (κ3) is 5.11. The SMILES string of the molecule is CNC(=O)C1=CC(=Nc2ccc(N(C)CCOC(=O)C(C)C)cc2)c2ccccc2C1=O. The van der Waals surface area contributed by atoms with E-state index in [0.29, 0.717) is 35.7 Å². The van der Waals surface area contributed by atoms with E-state index in [-0.39, 0.29) is 23.2 Å². The second kappa shape index (κ2) is 10.0. The summed E-state index contributed by atoms with van der Waals surface area (Å²) < 4.78 is 5.23. The maximum atomic E-state index is 12.7. The Bertz CT molecular complexity index is 1080. The van der Waals surface area contributed by atoms with Gasteiger partial charge in [0.1, 0.15) is 6.61 Å². The summed E-state index contributed by atoms with van der Waals surface area (Å²) >= 11 is 0.